The number of carbonyl (C=O) groups excluding carboxylic acids is 1. The highest BCUT2D eigenvalue weighted by Crippen LogP contribution is 2.17. The van der Waals surface area contributed by atoms with Crippen LogP contribution in [0.5, 0.6) is 0 Å². The van der Waals surface area contributed by atoms with Crippen molar-refractivity contribution in [1.82, 2.24) is 5.32 Å². The van der Waals surface area contributed by atoms with E-state index in [1.807, 2.05) is 0 Å². The van der Waals surface area contributed by atoms with Gasteiger partial charge in [-0.15, -0.1) is 0 Å². The van der Waals surface area contributed by atoms with Gasteiger partial charge in [-0.1, -0.05) is 288 Å². The van der Waals surface area contributed by atoms with Gasteiger partial charge in [-0.2, -0.15) is 0 Å². The van der Waals surface area contributed by atoms with Gasteiger partial charge in [0.05, 0.1) is 18.8 Å². The van der Waals surface area contributed by atoms with E-state index in [0.29, 0.717) is 12.8 Å². The summed E-state index contributed by atoms with van der Waals surface area (Å²) >= 11 is 0. The van der Waals surface area contributed by atoms with Crippen molar-refractivity contribution in [2.45, 2.75) is 321 Å². The van der Waals surface area contributed by atoms with Crippen molar-refractivity contribution in [3.8, 4) is 0 Å². The van der Waals surface area contributed by atoms with E-state index in [9.17, 15) is 15.0 Å². The minimum Gasteiger partial charge on any atom is -0.394 e. The SMILES string of the molecule is CCCCCCC/C=C\C/C=C\C/C=C\CCCCCCCCCCCCCCCCCCCCCCCCCCCCC(=O)NC(CO)C(O)CCCCCCCCCCC. The molecule has 0 radical (unpaired) electrons. The molecular formula is C58H111NO3. The normalized spacial score (nSPS) is 13.0. The van der Waals surface area contributed by atoms with Gasteiger partial charge in [-0.3, -0.25) is 4.79 Å². The van der Waals surface area contributed by atoms with Crippen LogP contribution in [0.4, 0.5) is 0 Å². The third-order valence-electron chi connectivity index (χ3n) is 13.2. The molecule has 366 valence electrons. The molecule has 4 nitrogen and oxygen atoms in total. The second-order valence-corrected chi connectivity index (χ2v) is 19.4. The van der Waals surface area contributed by atoms with Crippen LogP contribution in [0.1, 0.15) is 309 Å². The molecule has 0 aromatic heterocycles. The minimum absolute atomic E-state index is 0.0287. The van der Waals surface area contributed by atoms with Crippen molar-refractivity contribution in [3.05, 3.63) is 36.5 Å². The number of aliphatic hydroxyl groups excluding tert-OH is 2. The smallest absolute Gasteiger partial charge is 0.220 e. The second-order valence-electron chi connectivity index (χ2n) is 19.4. The number of nitrogens with one attached hydrogen (secondary N) is 1. The Hall–Kier alpha value is -1.39. The summed E-state index contributed by atoms with van der Waals surface area (Å²) < 4.78 is 0. The van der Waals surface area contributed by atoms with Crippen molar-refractivity contribution >= 4 is 5.91 Å². The molecule has 0 aromatic rings. The van der Waals surface area contributed by atoms with Crippen LogP contribution in [0, 0.1) is 0 Å². The number of carbonyl (C=O) groups is 1. The van der Waals surface area contributed by atoms with E-state index in [0.717, 1.165) is 38.5 Å². The highest BCUT2D eigenvalue weighted by molar-refractivity contribution is 5.76. The number of hydrogen-bond acceptors (Lipinski definition) is 3. The fourth-order valence-corrected chi connectivity index (χ4v) is 8.84. The zero-order valence-corrected chi connectivity index (χ0v) is 42.2. The second kappa shape index (κ2) is 53.9. The van der Waals surface area contributed by atoms with Gasteiger partial charge in [0.1, 0.15) is 0 Å². The predicted molar refractivity (Wildman–Crippen MR) is 276 cm³/mol. The molecule has 0 aromatic carbocycles. The van der Waals surface area contributed by atoms with Crippen LogP contribution in [0.25, 0.3) is 0 Å². The Labute approximate surface area is 389 Å². The molecule has 62 heavy (non-hydrogen) atoms. The summed E-state index contributed by atoms with van der Waals surface area (Å²) in [6, 6.07) is -0.531. The van der Waals surface area contributed by atoms with Gasteiger partial charge in [0.25, 0.3) is 0 Å². The monoisotopic (exact) mass is 870 g/mol. The van der Waals surface area contributed by atoms with Gasteiger partial charge in [-0.25, -0.2) is 0 Å². The van der Waals surface area contributed by atoms with Gasteiger partial charge in [-0.05, 0) is 51.4 Å². The molecule has 0 spiro atoms. The maximum atomic E-state index is 12.4. The van der Waals surface area contributed by atoms with Crippen molar-refractivity contribution in [2.24, 2.45) is 0 Å². The highest BCUT2D eigenvalue weighted by atomic mass is 16.3. The Kier molecular flexibility index (Phi) is 52.7. The summed E-state index contributed by atoms with van der Waals surface area (Å²) in [4.78, 5) is 12.4. The van der Waals surface area contributed by atoms with Crippen molar-refractivity contribution in [1.29, 1.82) is 0 Å². The van der Waals surface area contributed by atoms with E-state index in [-0.39, 0.29) is 12.5 Å². The minimum atomic E-state index is -0.654. The third kappa shape index (κ3) is 49.6. The van der Waals surface area contributed by atoms with Gasteiger partial charge in [0, 0.05) is 6.42 Å². The molecule has 0 aliphatic carbocycles. The fraction of sp³-hybridized carbons (Fsp3) is 0.879. The van der Waals surface area contributed by atoms with E-state index in [2.05, 4.69) is 55.6 Å². The predicted octanol–water partition coefficient (Wildman–Crippen LogP) is 18.5. The van der Waals surface area contributed by atoms with Gasteiger partial charge >= 0.3 is 0 Å². The van der Waals surface area contributed by atoms with Crippen molar-refractivity contribution < 1.29 is 15.0 Å². The molecule has 0 saturated heterocycles. The Morgan fingerprint density at radius 2 is 0.661 bits per heavy atom. The first-order chi connectivity index (χ1) is 30.7. The van der Waals surface area contributed by atoms with E-state index < -0.39 is 12.1 Å². The van der Waals surface area contributed by atoms with Crippen LogP contribution in [-0.4, -0.2) is 34.9 Å². The van der Waals surface area contributed by atoms with Crippen LogP contribution in [0.2, 0.25) is 0 Å². The zero-order valence-electron chi connectivity index (χ0n) is 42.2. The first kappa shape index (κ1) is 60.6. The van der Waals surface area contributed by atoms with E-state index in [4.69, 9.17) is 0 Å². The molecule has 0 bridgehead atoms. The van der Waals surface area contributed by atoms with E-state index >= 15 is 0 Å². The average molecular weight is 871 g/mol. The van der Waals surface area contributed by atoms with Crippen LogP contribution < -0.4 is 5.32 Å². The molecule has 0 rings (SSSR count). The summed E-state index contributed by atoms with van der Waals surface area (Å²) in [6.45, 7) is 4.34. The summed E-state index contributed by atoms with van der Waals surface area (Å²) in [5.41, 5.74) is 0. The maximum Gasteiger partial charge on any atom is 0.220 e. The molecular weight excluding hydrogens is 759 g/mol. The Bertz CT molecular complexity index is 943. The van der Waals surface area contributed by atoms with Crippen LogP contribution in [-0.2, 0) is 4.79 Å². The number of rotatable bonds is 52. The lowest BCUT2D eigenvalue weighted by atomic mass is 10.0. The third-order valence-corrected chi connectivity index (χ3v) is 13.2. The lowest BCUT2D eigenvalue weighted by Gasteiger charge is -2.22. The average Bonchev–Trinajstić information content (AvgIpc) is 3.28. The number of unbranched alkanes of at least 4 members (excludes halogenated alkanes) is 39. The summed E-state index contributed by atoms with van der Waals surface area (Å²) in [5.74, 6) is -0.0287. The van der Waals surface area contributed by atoms with E-state index in [1.165, 1.54) is 244 Å². The lowest BCUT2D eigenvalue weighted by Crippen LogP contribution is -2.45. The Balaban J connectivity index is 3.33. The first-order valence-corrected chi connectivity index (χ1v) is 28.2. The number of allylic oxidation sites excluding steroid dienone is 6. The molecule has 0 aliphatic rings. The van der Waals surface area contributed by atoms with Gasteiger partial charge < -0.3 is 15.5 Å². The molecule has 0 fully saturated rings. The van der Waals surface area contributed by atoms with Crippen LogP contribution in [0.15, 0.2) is 36.5 Å². The van der Waals surface area contributed by atoms with Crippen LogP contribution in [0.3, 0.4) is 0 Å². The number of amides is 1. The fourth-order valence-electron chi connectivity index (χ4n) is 8.84. The summed E-state index contributed by atoms with van der Waals surface area (Å²) in [6.07, 6.45) is 73.1. The largest absolute Gasteiger partial charge is 0.394 e. The lowest BCUT2D eigenvalue weighted by molar-refractivity contribution is -0.123. The number of aliphatic hydroxyl groups is 2. The molecule has 0 aliphatic heterocycles. The van der Waals surface area contributed by atoms with Crippen molar-refractivity contribution in [3.63, 3.8) is 0 Å². The first-order valence-electron chi connectivity index (χ1n) is 28.2. The summed E-state index contributed by atoms with van der Waals surface area (Å²) in [7, 11) is 0. The van der Waals surface area contributed by atoms with Crippen molar-refractivity contribution in [2.75, 3.05) is 6.61 Å². The van der Waals surface area contributed by atoms with E-state index in [1.54, 1.807) is 0 Å². The Morgan fingerprint density at radius 3 is 0.984 bits per heavy atom. The molecule has 4 heteroatoms. The Morgan fingerprint density at radius 1 is 0.387 bits per heavy atom. The maximum absolute atomic E-state index is 12.4. The van der Waals surface area contributed by atoms with Crippen LogP contribution >= 0.6 is 0 Å². The standard InChI is InChI=1S/C58H111NO3/c1-3-5-7-9-11-13-14-15-16-17-18-19-20-21-22-23-24-25-26-27-28-29-30-31-32-33-34-35-36-37-38-39-40-41-42-43-44-46-48-50-52-54-58(62)59-56(55-60)57(61)53-51-49-47-45-12-10-8-6-4-2/h14-15,17-18,20-21,56-57,60-61H,3-13,16,19,22-55H2,1-2H3,(H,59,62)/b15-14-,18-17-,21-20-. The highest BCUT2D eigenvalue weighted by Gasteiger charge is 2.20. The molecule has 0 heterocycles. The molecule has 3 N–H and O–H groups in total. The molecule has 0 saturated carbocycles. The topological polar surface area (TPSA) is 69.6 Å². The quantitative estimate of drug-likeness (QED) is 0.0421. The van der Waals surface area contributed by atoms with Gasteiger partial charge in [0.2, 0.25) is 5.91 Å². The zero-order chi connectivity index (χ0) is 44.9. The molecule has 1 amide bonds. The van der Waals surface area contributed by atoms with Gasteiger partial charge in [0.15, 0.2) is 0 Å². The molecule has 2 atom stereocenters. The number of hydrogen-bond donors (Lipinski definition) is 3. The summed E-state index contributed by atoms with van der Waals surface area (Å²) in [5, 5.41) is 23.1. The molecule has 2 unspecified atom stereocenters.